The van der Waals surface area contributed by atoms with Gasteiger partial charge >= 0.3 is 5.97 Å². The van der Waals surface area contributed by atoms with Crippen LogP contribution in [0.4, 0.5) is 0 Å². The van der Waals surface area contributed by atoms with E-state index >= 15 is 0 Å². The number of carbonyl (C=O) groups excluding carboxylic acids is 2. The molecule has 0 bridgehead atoms. The van der Waals surface area contributed by atoms with Crippen molar-refractivity contribution >= 4 is 11.8 Å². The second-order valence-corrected chi connectivity index (χ2v) is 6.40. The zero-order valence-electron chi connectivity index (χ0n) is 15.3. The van der Waals surface area contributed by atoms with Crippen LogP contribution in [0.25, 0.3) is 0 Å². The van der Waals surface area contributed by atoms with Crippen LogP contribution in [-0.4, -0.2) is 44.5 Å². The van der Waals surface area contributed by atoms with Crippen LogP contribution in [0.15, 0.2) is 30.3 Å². The number of carbonyl (C=O) groups is 2. The van der Waals surface area contributed by atoms with Crippen molar-refractivity contribution in [2.75, 3.05) is 27.6 Å². The molecular weight excluding hydrogens is 368 g/mol. The Hall–Kier alpha value is -3.42. The average Bonchev–Trinajstić information content (AvgIpc) is 3.29. The molecule has 146 valence electrons. The number of methoxy groups -OCH3 is 2. The van der Waals surface area contributed by atoms with Crippen LogP contribution in [0.3, 0.4) is 0 Å². The molecule has 2 heterocycles. The van der Waals surface area contributed by atoms with E-state index in [-0.39, 0.29) is 24.9 Å². The highest BCUT2D eigenvalue weighted by atomic mass is 16.7. The second-order valence-electron chi connectivity index (χ2n) is 6.40. The molecule has 0 aliphatic carbocycles. The van der Waals surface area contributed by atoms with E-state index in [2.05, 4.69) is 0 Å². The van der Waals surface area contributed by atoms with E-state index in [0.29, 0.717) is 34.1 Å². The van der Waals surface area contributed by atoms with E-state index in [9.17, 15) is 14.7 Å². The first-order chi connectivity index (χ1) is 13.5. The van der Waals surface area contributed by atoms with Gasteiger partial charge in [-0.1, -0.05) is 6.07 Å². The molecule has 8 nitrogen and oxygen atoms in total. The fourth-order valence-electron chi connectivity index (χ4n) is 3.57. The molecule has 2 aromatic rings. The number of hydrogen-bond acceptors (Lipinski definition) is 8. The zero-order valence-corrected chi connectivity index (χ0v) is 15.3. The Morgan fingerprint density at radius 3 is 2.39 bits per heavy atom. The summed E-state index contributed by atoms with van der Waals surface area (Å²) in [6, 6.07) is 8.03. The number of ketones is 1. The van der Waals surface area contributed by atoms with Gasteiger partial charge in [-0.15, -0.1) is 0 Å². The predicted molar refractivity (Wildman–Crippen MR) is 95.1 cm³/mol. The maximum absolute atomic E-state index is 12.5. The molecule has 0 saturated carbocycles. The number of benzene rings is 2. The molecule has 28 heavy (non-hydrogen) atoms. The van der Waals surface area contributed by atoms with Crippen molar-refractivity contribution in [3.8, 4) is 28.7 Å². The number of hydrogen-bond donors (Lipinski definition) is 1. The highest BCUT2D eigenvalue weighted by Crippen LogP contribution is 2.48. The van der Waals surface area contributed by atoms with Crippen molar-refractivity contribution in [3.05, 3.63) is 41.5 Å². The summed E-state index contributed by atoms with van der Waals surface area (Å²) in [6.07, 6.45) is 0. The molecule has 0 aromatic heterocycles. The molecule has 8 heteroatoms. The van der Waals surface area contributed by atoms with Gasteiger partial charge in [-0.25, -0.2) is 0 Å². The van der Waals surface area contributed by atoms with Gasteiger partial charge in [0.15, 0.2) is 23.9 Å². The number of ether oxygens (including phenoxy) is 5. The summed E-state index contributed by atoms with van der Waals surface area (Å²) in [5.74, 6) is -1.32. The lowest BCUT2D eigenvalue weighted by Gasteiger charge is -2.24. The topological polar surface area (TPSA) is 101 Å². The Balaban J connectivity index is 1.92. The Labute approximate surface area is 160 Å². The largest absolute Gasteiger partial charge is 0.508 e. The average molecular weight is 386 g/mol. The quantitative estimate of drug-likeness (QED) is 0.615. The van der Waals surface area contributed by atoms with E-state index in [0.717, 1.165) is 0 Å². The zero-order chi connectivity index (χ0) is 19.8. The molecule has 0 radical (unpaired) electrons. The number of phenolic OH excluding ortho intramolecular Hbond substituents is 1. The van der Waals surface area contributed by atoms with Crippen LogP contribution in [0, 0.1) is 5.92 Å². The number of phenols is 1. The van der Waals surface area contributed by atoms with E-state index in [4.69, 9.17) is 23.7 Å². The minimum atomic E-state index is -1.12. The Bertz CT molecular complexity index is 935. The third-order valence-corrected chi connectivity index (χ3v) is 4.92. The number of fused-ring (bicyclic) bond motifs is 1. The van der Waals surface area contributed by atoms with Crippen LogP contribution >= 0.6 is 0 Å². The predicted octanol–water partition coefficient (Wildman–Crippen LogP) is 2.01. The summed E-state index contributed by atoms with van der Waals surface area (Å²) >= 11 is 0. The van der Waals surface area contributed by atoms with Crippen molar-refractivity contribution in [3.63, 3.8) is 0 Å². The maximum atomic E-state index is 12.5. The van der Waals surface area contributed by atoms with Gasteiger partial charge in [0.25, 0.3) is 0 Å². The number of Topliss-reactive ketones (excluding diaryl/α,β-unsaturated/α-hetero) is 1. The summed E-state index contributed by atoms with van der Waals surface area (Å²) in [4.78, 5) is 24.9. The lowest BCUT2D eigenvalue weighted by Crippen LogP contribution is -2.25. The first kappa shape index (κ1) is 18.0. The van der Waals surface area contributed by atoms with Gasteiger partial charge < -0.3 is 28.8 Å². The van der Waals surface area contributed by atoms with E-state index in [1.54, 1.807) is 24.3 Å². The number of esters is 1. The van der Waals surface area contributed by atoms with E-state index in [1.807, 2.05) is 0 Å². The lowest BCUT2D eigenvalue weighted by atomic mass is 9.78. The third-order valence-electron chi connectivity index (χ3n) is 4.92. The number of cyclic esters (lactones) is 1. The number of aromatic hydroxyl groups is 1. The highest BCUT2D eigenvalue weighted by Gasteiger charge is 2.45. The molecular formula is C20H18O8. The normalized spacial score (nSPS) is 18.7. The summed E-state index contributed by atoms with van der Waals surface area (Å²) in [5, 5.41) is 10.6. The molecule has 1 fully saturated rings. The molecule has 4 rings (SSSR count). The van der Waals surface area contributed by atoms with E-state index < -0.39 is 17.8 Å². The standard InChI is InChI=1S/C20H18O8/c1-24-10-3-4-11(15(5-10)25-2)18(19-14(22)8-26-20(19)23)12-6-16-17(7-13(12)21)28-9-27-16/h3-7,18-19,21H,8-9H2,1-2H3/t18-,19+/m0/s1. The molecule has 1 saturated heterocycles. The van der Waals surface area contributed by atoms with Gasteiger partial charge in [0.1, 0.15) is 23.2 Å². The van der Waals surface area contributed by atoms with Crippen molar-refractivity contribution in [2.45, 2.75) is 5.92 Å². The van der Waals surface area contributed by atoms with Crippen LogP contribution in [0.1, 0.15) is 17.0 Å². The second kappa shape index (κ2) is 6.95. The smallest absolute Gasteiger partial charge is 0.318 e. The SMILES string of the molecule is COc1ccc([C@@H](c2cc3c(cc2O)OCO3)[C@H]2C(=O)COC2=O)c(OC)c1. The highest BCUT2D eigenvalue weighted by molar-refractivity contribution is 6.06. The van der Waals surface area contributed by atoms with Crippen LogP contribution in [-0.2, 0) is 14.3 Å². The van der Waals surface area contributed by atoms with Gasteiger partial charge in [0, 0.05) is 29.2 Å². The molecule has 0 spiro atoms. The fraction of sp³-hybridized carbons (Fsp3) is 0.300. The molecule has 0 amide bonds. The molecule has 2 atom stereocenters. The van der Waals surface area contributed by atoms with Gasteiger partial charge in [0.05, 0.1) is 14.2 Å². The third kappa shape index (κ3) is 2.87. The summed E-state index contributed by atoms with van der Waals surface area (Å²) in [7, 11) is 3.00. The summed E-state index contributed by atoms with van der Waals surface area (Å²) < 4.78 is 26.3. The first-order valence-corrected chi connectivity index (χ1v) is 8.57. The van der Waals surface area contributed by atoms with Gasteiger partial charge in [-0.3, -0.25) is 9.59 Å². The molecule has 2 aromatic carbocycles. The fourth-order valence-corrected chi connectivity index (χ4v) is 3.57. The van der Waals surface area contributed by atoms with Crippen molar-refractivity contribution < 1.29 is 38.4 Å². The first-order valence-electron chi connectivity index (χ1n) is 8.57. The summed E-state index contributed by atoms with van der Waals surface area (Å²) in [6.45, 7) is -0.275. The molecule has 1 N–H and O–H groups in total. The molecule has 2 aliphatic rings. The van der Waals surface area contributed by atoms with Crippen LogP contribution < -0.4 is 18.9 Å². The van der Waals surface area contributed by atoms with Gasteiger partial charge in [-0.2, -0.15) is 0 Å². The summed E-state index contributed by atoms with van der Waals surface area (Å²) in [5.41, 5.74) is 0.875. The minimum absolute atomic E-state index is 0.0269. The Kier molecular flexibility index (Phi) is 4.46. The number of rotatable bonds is 5. The van der Waals surface area contributed by atoms with Gasteiger partial charge in [-0.05, 0) is 12.1 Å². The lowest BCUT2D eigenvalue weighted by molar-refractivity contribution is -0.141. The van der Waals surface area contributed by atoms with Crippen LogP contribution in [0.5, 0.6) is 28.7 Å². The minimum Gasteiger partial charge on any atom is -0.508 e. The Morgan fingerprint density at radius 1 is 1.00 bits per heavy atom. The monoisotopic (exact) mass is 386 g/mol. The van der Waals surface area contributed by atoms with Gasteiger partial charge in [0.2, 0.25) is 6.79 Å². The van der Waals surface area contributed by atoms with Crippen molar-refractivity contribution in [1.29, 1.82) is 0 Å². The molecule has 2 aliphatic heterocycles. The van der Waals surface area contributed by atoms with Crippen molar-refractivity contribution in [2.24, 2.45) is 5.92 Å². The molecule has 0 unspecified atom stereocenters. The van der Waals surface area contributed by atoms with Crippen molar-refractivity contribution in [1.82, 2.24) is 0 Å². The van der Waals surface area contributed by atoms with Crippen LogP contribution in [0.2, 0.25) is 0 Å². The maximum Gasteiger partial charge on any atom is 0.318 e. The Morgan fingerprint density at radius 2 is 1.75 bits per heavy atom. The van der Waals surface area contributed by atoms with E-state index in [1.165, 1.54) is 20.3 Å².